The molecule has 0 spiro atoms. The lowest BCUT2D eigenvalue weighted by molar-refractivity contribution is -0.108. The summed E-state index contributed by atoms with van der Waals surface area (Å²) in [5, 5.41) is 5.85. The average Bonchev–Trinajstić information content (AvgIpc) is 3.12. The number of ether oxygens (including phenoxy) is 1. The number of piperidine rings is 1. The number of nitrogens with zero attached hydrogens (tertiary/aromatic N) is 3. The Labute approximate surface area is 303 Å². The van der Waals surface area contributed by atoms with Crippen molar-refractivity contribution in [1.82, 2.24) is 19.4 Å². The fraction of sp³-hybridized carbons (Fsp3) is 0.366. The molecule has 10 heteroatoms. The van der Waals surface area contributed by atoms with Gasteiger partial charge in [-0.1, -0.05) is 36.4 Å². The van der Waals surface area contributed by atoms with Crippen LogP contribution in [0.2, 0.25) is 0 Å². The maximum absolute atomic E-state index is 12.7. The number of benzene rings is 3. The molecule has 9 nitrogen and oxygen atoms in total. The summed E-state index contributed by atoms with van der Waals surface area (Å²) in [5.41, 5.74) is 6.71. The maximum atomic E-state index is 12.7. The fourth-order valence-corrected chi connectivity index (χ4v) is 7.63. The number of rotatable bonds is 11. The van der Waals surface area contributed by atoms with Gasteiger partial charge in [0.2, 0.25) is 0 Å². The molecule has 0 aliphatic carbocycles. The largest absolute Gasteiger partial charge is 0.465 e. The van der Waals surface area contributed by atoms with Crippen molar-refractivity contribution >= 4 is 45.8 Å². The quantitative estimate of drug-likeness (QED) is 0.0764. The summed E-state index contributed by atoms with van der Waals surface area (Å²) in [6.07, 6.45) is 2.96. The van der Waals surface area contributed by atoms with E-state index in [1.807, 2.05) is 67.8 Å². The van der Waals surface area contributed by atoms with E-state index >= 15 is 0 Å². The zero-order valence-electron chi connectivity index (χ0n) is 30.2. The molecule has 2 aromatic heterocycles. The molecule has 1 aliphatic heterocycles. The van der Waals surface area contributed by atoms with Crippen molar-refractivity contribution in [3.63, 3.8) is 0 Å². The van der Waals surface area contributed by atoms with Gasteiger partial charge >= 0.3 is 5.97 Å². The van der Waals surface area contributed by atoms with Gasteiger partial charge in [0.25, 0.3) is 11.1 Å². The van der Waals surface area contributed by atoms with Crippen LogP contribution in [0, 0.1) is 27.7 Å². The molecule has 51 heavy (non-hydrogen) atoms. The van der Waals surface area contributed by atoms with Crippen molar-refractivity contribution in [2.24, 2.45) is 0 Å². The lowest BCUT2D eigenvalue weighted by Gasteiger charge is -2.32. The van der Waals surface area contributed by atoms with Gasteiger partial charge in [0.15, 0.2) is 0 Å². The highest BCUT2D eigenvalue weighted by molar-refractivity contribution is 7.99. The van der Waals surface area contributed by atoms with Crippen molar-refractivity contribution in [2.45, 2.75) is 64.6 Å². The van der Waals surface area contributed by atoms with Gasteiger partial charge in [0, 0.05) is 59.2 Å². The zero-order valence-corrected chi connectivity index (χ0v) is 31.1. The molecule has 0 atom stereocenters. The number of hydrogen-bond donors (Lipinski definition) is 1. The number of carbonyl (C=O) groups excluding carboxylic acids is 2. The number of thioether (sulfide) groups is 1. The van der Waals surface area contributed by atoms with Gasteiger partial charge < -0.3 is 28.9 Å². The molecule has 0 amide bonds. The van der Waals surface area contributed by atoms with Gasteiger partial charge in [-0.2, -0.15) is 0 Å². The van der Waals surface area contributed by atoms with Crippen molar-refractivity contribution in [3.05, 3.63) is 121 Å². The van der Waals surface area contributed by atoms with E-state index < -0.39 is 0 Å². The molecule has 1 fully saturated rings. The van der Waals surface area contributed by atoms with Crippen molar-refractivity contribution < 1.29 is 14.3 Å². The van der Waals surface area contributed by atoms with E-state index in [1.165, 1.54) is 17.2 Å². The standard InChI is InChI=1S/C28H35N3O3S.C13H13NO2/c1-20-8-9-23-21(2)19-27(32)31(25(23)18-20)16-15-30-13-10-22(11-14-30)29-12-17-35-26-7-5-4-6-24(26)28(33)34-3;1-9-3-4-11-10(2)8-13(16)14(5-6-15)12(11)7-9/h4-9,18-19,22,29H,10-17H2,1-3H3;3-4,6-8H,5H2,1-2H3. The molecule has 3 heterocycles. The fourth-order valence-electron chi connectivity index (χ4n) is 6.71. The minimum Gasteiger partial charge on any atom is -0.465 e. The monoisotopic (exact) mass is 708 g/mol. The molecule has 0 radical (unpaired) electrons. The summed E-state index contributed by atoms with van der Waals surface area (Å²) in [4.78, 5) is 50.4. The van der Waals surface area contributed by atoms with Crippen LogP contribution >= 0.6 is 11.8 Å². The highest BCUT2D eigenvalue weighted by Crippen LogP contribution is 2.23. The number of aldehydes is 1. The Balaban J connectivity index is 0.000000262. The topological polar surface area (TPSA) is 103 Å². The first kappa shape index (κ1) is 37.7. The van der Waals surface area contributed by atoms with Gasteiger partial charge in [0.1, 0.15) is 6.29 Å². The predicted octanol–water partition coefficient (Wildman–Crippen LogP) is 6.07. The van der Waals surface area contributed by atoms with Gasteiger partial charge in [0.05, 0.1) is 30.3 Å². The minimum absolute atomic E-state index is 0.0865. The molecule has 1 N–H and O–H groups in total. The SMILES string of the molecule is COC(=O)c1ccccc1SCCNC1CCN(CCn2c(=O)cc(C)c3ccc(C)cc32)CC1.Cc1ccc2c(C)cc(=O)n(CC=O)c2c1. The summed E-state index contributed by atoms with van der Waals surface area (Å²) in [7, 11) is 1.42. The van der Waals surface area contributed by atoms with Crippen LogP contribution in [0.1, 0.15) is 45.5 Å². The summed E-state index contributed by atoms with van der Waals surface area (Å²) < 4.78 is 8.32. The highest BCUT2D eigenvalue weighted by Gasteiger charge is 2.19. The third kappa shape index (κ3) is 9.44. The van der Waals surface area contributed by atoms with Crippen LogP contribution in [-0.2, 0) is 22.6 Å². The van der Waals surface area contributed by atoms with E-state index in [1.54, 1.807) is 23.9 Å². The second-order valence-electron chi connectivity index (χ2n) is 13.2. The van der Waals surface area contributed by atoms with Gasteiger partial charge in [-0.05, 0) is 100 Å². The number of pyridine rings is 2. The summed E-state index contributed by atoms with van der Waals surface area (Å²) in [6, 6.07) is 23.7. The van der Waals surface area contributed by atoms with E-state index in [9.17, 15) is 19.2 Å². The predicted molar refractivity (Wildman–Crippen MR) is 207 cm³/mol. The molecule has 0 bridgehead atoms. The van der Waals surface area contributed by atoms with Crippen LogP contribution in [0.3, 0.4) is 0 Å². The van der Waals surface area contributed by atoms with E-state index in [0.29, 0.717) is 18.2 Å². The molecule has 1 saturated heterocycles. The molecular formula is C41H48N4O5S. The van der Waals surface area contributed by atoms with Crippen molar-refractivity contribution in [2.75, 3.05) is 39.0 Å². The Morgan fingerprint density at radius 2 is 1.41 bits per heavy atom. The first-order chi connectivity index (χ1) is 24.6. The van der Waals surface area contributed by atoms with Crippen LogP contribution in [0.15, 0.2) is 87.3 Å². The first-order valence-corrected chi connectivity index (χ1v) is 18.5. The minimum atomic E-state index is -0.288. The van der Waals surface area contributed by atoms with Gasteiger partial charge in [-0.3, -0.25) is 9.59 Å². The summed E-state index contributed by atoms with van der Waals surface area (Å²) in [6.45, 7) is 12.6. The van der Waals surface area contributed by atoms with Crippen molar-refractivity contribution in [1.29, 1.82) is 0 Å². The van der Waals surface area contributed by atoms with Crippen LogP contribution in [0.4, 0.5) is 0 Å². The molecule has 1 aliphatic rings. The van der Waals surface area contributed by atoms with Crippen molar-refractivity contribution in [3.8, 4) is 0 Å². The van der Waals surface area contributed by atoms with Crippen LogP contribution < -0.4 is 16.4 Å². The molecule has 5 aromatic rings. The van der Waals surface area contributed by atoms with E-state index in [-0.39, 0.29) is 23.6 Å². The van der Waals surface area contributed by atoms with E-state index in [2.05, 4.69) is 35.3 Å². The van der Waals surface area contributed by atoms with E-state index in [0.717, 1.165) is 94.5 Å². The first-order valence-electron chi connectivity index (χ1n) is 17.5. The number of nitrogens with one attached hydrogen (secondary N) is 1. The number of likely N-dealkylation sites (tertiary alicyclic amines) is 1. The summed E-state index contributed by atoms with van der Waals surface area (Å²) in [5.74, 6) is 0.612. The normalized spacial score (nSPS) is 13.6. The highest BCUT2D eigenvalue weighted by atomic mass is 32.2. The number of aryl methyl sites for hydroxylation is 4. The van der Waals surface area contributed by atoms with E-state index in [4.69, 9.17) is 4.74 Å². The maximum Gasteiger partial charge on any atom is 0.338 e. The zero-order chi connectivity index (χ0) is 36.5. The molecular weight excluding hydrogens is 661 g/mol. The Morgan fingerprint density at radius 3 is 2.02 bits per heavy atom. The lowest BCUT2D eigenvalue weighted by atomic mass is 10.1. The van der Waals surface area contributed by atoms with Crippen LogP contribution in [0.25, 0.3) is 21.8 Å². The molecule has 268 valence electrons. The van der Waals surface area contributed by atoms with Gasteiger partial charge in [-0.15, -0.1) is 11.8 Å². The Bertz CT molecular complexity index is 2130. The number of methoxy groups -OCH3 is 1. The van der Waals surface area contributed by atoms with Crippen LogP contribution in [0.5, 0.6) is 0 Å². The average molecular weight is 709 g/mol. The second kappa shape index (κ2) is 17.6. The molecule has 0 unspecified atom stereocenters. The number of hydrogen-bond acceptors (Lipinski definition) is 8. The second-order valence-corrected chi connectivity index (χ2v) is 14.3. The van der Waals surface area contributed by atoms with Crippen LogP contribution in [-0.4, -0.2) is 71.4 Å². The van der Waals surface area contributed by atoms with Gasteiger partial charge in [-0.25, -0.2) is 4.79 Å². The molecule has 0 saturated carbocycles. The third-order valence-corrected chi connectivity index (χ3v) is 10.6. The third-order valence-electron chi connectivity index (χ3n) is 9.52. The number of aromatic nitrogens is 2. The molecule has 3 aromatic carbocycles. The smallest absolute Gasteiger partial charge is 0.338 e. The summed E-state index contributed by atoms with van der Waals surface area (Å²) >= 11 is 1.68. The number of fused-ring (bicyclic) bond motifs is 2. The number of carbonyl (C=O) groups is 2. The Morgan fingerprint density at radius 1 is 0.824 bits per heavy atom. The number of esters is 1. The Hall–Kier alpha value is -4.51. The lowest BCUT2D eigenvalue weighted by Crippen LogP contribution is -2.44. The Kier molecular flexibility index (Phi) is 13.0. The molecule has 6 rings (SSSR count).